The van der Waals surface area contributed by atoms with E-state index in [1.54, 1.807) is 57.9 Å². The molecule has 0 amide bonds. The molecule has 0 saturated carbocycles. The van der Waals surface area contributed by atoms with E-state index in [2.05, 4.69) is 20.6 Å². The molecule has 0 bridgehead atoms. The first-order valence-electron chi connectivity index (χ1n) is 13.1. The fraction of sp³-hybridized carbons (Fsp3) is 0.0625. The molecule has 10 heteroatoms. The molecule has 4 aromatic carbocycles. The smallest absolute Gasteiger partial charge is 0.338 e. The van der Waals surface area contributed by atoms with Crippen LogP contribution in [0.4, 0.5) is 0 Å². The molecule has 0 aliphatic rings. The third kappa shape index (κ3) is 5.54. The molecule has 206 valence electrons. The van der Waals surface area contributed by atoms with Gasteiger partial charge in [0.05, 0.1) is 22.5 Å². The van der Waals surface area contributed by atoms with Gasteiger partial charge in [-0.15, -0.1) is 10.2 Å². The highest BCUT2D eigenvalue weighted by Gasteiger charge is 2.26. The van der Waals surface area contributed by atoms with Gasteiger partial charge in [-0.25, -0.2) is 19.0 Å². The van der Waals surface area contributed by atoms with E-state index in [9.17, 15) is 9.59 Å². The van der Waals surface area contributed by atoms with Crippen molar-refractivity contribution in [3.05, 3.63) is 144 Å². The first-order chi connectivity index (χ1) is 20.7. The average Bonchev–Trinajstić information content (AvgIpc) is 3.68. The van der Waals surface area contributed by atoms with Crippen LogP contribution in [-0.2, 0) is 22.7 Å². The fourth-order valence-electron chi connectivity index (χ4n) is 4.37. The van der Waals surface area contributed by atoms with Crippen molar-refractivity contribution in [3.8, 4) is 22.8 Å². The zero-order valence-corrected chi connectivity index (χ0v) is 22.3. The lowest BCUT2D eigenvalue weighted by atomic mass is 10.2. The van der Waals surface area contributed by atoms with Crippen LogP contribution in [0.3, 0.4) is 0 Å². The quantitative estimate of drug-likeness (QED) is 0.223. The summed E-state index contributed by atoms with van der Waals surface area (Å²) >= 11 is 0. The number of hydrogen-bond acceptors (Lipinski definition) is 8. The van der Waals surface area contributed by atoms with Gasteiger partial charge in [0.1, 0.15) is 36.0 Å². The summed E-state index contributed by atoms with van der Waals surface area (Å²) in [5.41, 5.74) is 3.90. The van der Waals surface area contributed by atoms with E-state index in [1.807, 2.05) is 72.8 Å². The highest BCUT2D eigenvalue weighted by atomic mass is 16.5. The zero-order valence-electron chi connectivity index (χ0n) is 22.3. The summed E-state index contributed by atoms with van der Waals surface area (Å²) in [4.78, 5) is 25.7. The van der Waals surface area contributed by atoms with Crippen LogP contribution in [0.5, 0.6) is 0 Å². The summed E-state index contributed by atoms with van der Waals surface area (Å²) < 4.78 is 14.6. The van der Waals surface area contributed by atoms with Crippen molar-refractivity contribution in [2.24, 2.45) is 0 Å². The fourth-order valence-corrected chi connectivity index (χ4v) is 4.37. The van der Waals surface area contributed by atoms with Crippen molar-refractivity contribution in [1.82, 2.24) is 30.0 Å². The molecular weight excluding hydrogens is 532 g/mol. The number of ether oxygens (including phenoxy) is 2. The van der Waals surface area contributed by atoms with Crippen molar-refractivity contribution in [2.45, 2.75) is 13.2 Å². The lowest BCUT2D eigenvalue weighted by Crippen LogP contribution is -2.11. The average molecular weight is 557 g/mol. The number of para-hydroxylation sites is 2. The van der Waals surface area contributed by atoms with Gasteiger partial charge in [0.2, 0.25) is 0 Å². The van der Waals surface area contributed by atoms with Crippen LogP contribution in [0.1, 0.15) is 32.1 Å². The van der Waals surface area contributed by atoms with Gasteiger partial charge in [-0.1, -0.05) is 83.2 Å². The van der Waals surface area contributed by atoms with Gasteiger partial charge in [0.15, 0.2) is 0 Å². The van der Waals surface area contributed by atoms with Crippen molar-refractivity contribution in [1.29, 1.82) is 0 Å². The van der Waals surface area contributed by atoms with Crippen LogP contribution in [-0.4, -0.2) is 41.9 Å². The summed E-state index contributed by atoms with van der Waals surface area (Å²) in [6, 6.07) is 36.2. The maximum absolute atomic E-state index is 12.8. The monoisotopic (exact) mass is 556 g/mol. The molecule has 0 unspecified atom stereocenters. The molecule has 0 spiro atoms. The number of benzene rings is 4. The van der Waals surface area contributed by atoms with E-state index in [0.29, 0.717) is 33.9 Å². The Labute approximate surface area is 240 Å². The van der Waals surface area contributed by atoms with Crippen LogP contribution in [0, 0.1) is 0 Å². The Morgan fingerprint density at radius 2 is 0.833 bits per heavy atom. The molecule has 10 nitrogen and oxygen atoms in total. The Bertz CT molecular complexity index is 1670. The first-order valence-corrected chi connectivity index (χ1v) is 13.1. The molecule has 0 aliphatic carbocycles. The Morgan fingerprint density at radius 3 is 1.19 bits per heavy atom. The summed E-state index contributed by atoms with van der Waals surface area (Å²) in [5, 5.41) is 17.6. The predicted octanol–water partition coefficient (Wildman–Crippen LogP) is 5.23. The highest BCUT2D eigenvalue weighted by molar-refractivity contribution is 5.89. The van der Waals surface area contributed by atoms with Crippen LogP contribution in [0.2, 0.25) is 0 Å². The van der Waals surface area contributed by atoms with Gasteiger partial charge in [0, 0.05) is 0 Å². The summed E-state index contributed by atoms with van der Waals surface area (Å²) in [7, 11) is 0. The molecule has 6 aromatic rings. The second-order valence-corrected chi connectivity index (χ2v) is 9.15. The van der Waals surface area contributed by atoms with Gasteiger partial charge in [0.25, 0.3) is 0 Å². The highest BCUT2D eigenvalue weighted by Crippen LogP contribution is 2.28. The number of carbonyl (C=O) groups excluding carboxylic acids is 2. The molecule has 0 N–H and O–H groups in total. The Morgan fingerprint density at radius 1 is 0.500 bits per heavy atom. The van der Waals surface area contributed by atoms with Crippen LogP contribution in [0.25, 0.3) is 22.8 Å². The third-order valence-corrected chi connectivity index (χ3v) is 6.45. The first kappa shape index (κ1) is 26.3. The van der Waals surface area contributed by atoms with Crippen LogP contribution >= 0.6 is 0 Å². The van der Waals surface area contributed by atoms with Gasteiger partial charge < -0.3 is 9.47 Å². The maximum atomic E-state index is 12.8. The molecule has 0 fully saturated rings. The number of aromatic nitrogens is 6. The Balaban J connectivity index is 1.40. The third-order valence-electron chi connectivity index (χ3n) is 6.45. The van der Waals surface area contributed by atoms with Crippen LogP contribution < -0.4 is 0 Å². The molecule has 2 heterocycles. The summed E-state index contributed by atoms with van der Waals surface area (Å²) in [6.07, 6.45) is 0. The van der Waals surface area contributed by atoms with E-state index in [0.717, 1.165) is 11.4 Å². The number of rotatable bonds is 9. The SMILES string of the molecule is O=C(OCc1c(-c2nnn(-c3ccccc3)c2COC(=O)c2ccccc2)nnn1-c1ccccc1)c1ccccc1. The molecule has 42 heavy (non-hydrogen) atoms. The maximum Gasteiger partial charge on any atom is 0.338 e. The lowest BCUT2D eigenvalue weighted by molar-refractivity contribution is 0.0455. The van der Waals surface area contributed by atoms with Gasteiger partial charge in [-0.05, 0) is 48.5 Å². The normalized spacial score (nSPS) is 10.8. The van der Waals surface area contributed by atoms with E-state index < -0.39 is 11.9 Å². The number of hydrogen-bond donors (Lipinski definition) is 0. The largest absolute Gasteiger partial charge is 0.455 e. The topological polar surface area (TPSA) is 114 Å². The lowest BCUT2D eigenvalue weighted by Gasteiger charge is -2.11. The summed E-state index contributed by atoms with van der Waals surface area (Å²) in [6.45, 7) is -0.293. The Hall–Kier alpha value is -5.90. The van der Waals surface area contributed by atoms with Crippen molar-refractivity contribution < 1.29 is 19.1 Å². The number of esters is 2. The van der Waals surface area contributed by atoms with Crippen molar-refractivity contribution in [2.75, 3.05) is 0 Å². The molecule has 0 aliphatic heterocycles. The second-order valence-electron chi connectivity index (χ2n) is 9.15. The zero-order chi connectivity index (χ0) is 28.7. The van der Waals surface area contributed by atoms with E-state index in [-0.39, 0.29) is 13.2 Å². The van der Waals surface area contributed by atoms with Gasteiger partial charge in [-0.2, -0.15) is 0 Å². The minimum atomic E-state index is -0.493. The molecule has 2 aromatic heterocycles. The van der Waals surface area contributed by atoms with Gasteiger partial charge in [-0.3, -0.25) is 0 Å². The molecule has 6 rings (SSSR count). The number of nitrogens with zero attached hydrogens (tertiary/aromatic N) is 6. The second kappa shape index (κ2) is 12.1. The molecule has 0 saturated heterocycles. The predicted molar refractivity (Wildman–Crippen MR) is 153 cm³/mol. The van der Waals surface area contributed by atoms with Crippen molar-refractivity contribution >= 4 is 11.9 Å². The summed E-state index contributed by atoms with van der Waals surface area (Å²) in [5.74, 6) is -0.986. The van der Waals surface area contributed by atoms with E-state index in [1.165, 1.54) is 0 Å². The minimum Gasteiger partial charge on any atom is -0.455 e. The molecule has 0 radical (unpaired) electrons. The van der Waals surface area contributed by atoms with Crippen molar-refractivity contribution in [3.63, 3.8) is 0 Å². The molecular formula is C32H24N6O4. The van der Waals surface area contributed by atoms with Gasteiger partial charge >= 0.3 is 11.9 Å². The minimum absolute atomic E-state index is 0.146. The van der Waals surface area contributed by atoms with E-state index in [4.69, 9.17) is 9.47 Å². The van der Waals surface area contributed by atoms with E-state index >= 15 is 0 Å². The molecule has 0 atom stereocenters. The van der Waals surface area contributed by atoms with Crippen LogP contribution in [0.15, 0.2) is 121 Å². The number of carbonyl (C=O) groups is 2. The Kier molecular flexibility index (Phi) is 7.58. The standard InChI is InChI=1S/C32H24N6O4/c39-31(23-13-5-1-6-14-23)41-21-27-29(33-35-37(27)25-17-9-3-10-18-25)30-28(22-42-32(40)24-15-7-2-8-16-24)38(36-34-30)26-19-11-4-12-20-26/h1-20H,21-22H2.